The molecule has 96 valence electrons. The van der Waals surface area contributed by atoms with E-state index in [9.17, 15) is 14.4 Å². The van der Waals surface area contributed by atoms with Crippen LogP contribution in [-0.2, 0) is 9.59 Å². The van der Waals surface area contributed by atoms with E-state index in [1.807, 2.05) is 0 Å². The Morgan fingerprint density at radius 1 is 1.28 bits per heavy atom. The normalized spacial score (nSPS) is 9.61. The van der Waals surface area contributed by atoms with Crippen LogP contribution < -0.4 is 10.6 Å². The van der Waals surface area contributed by atoms with Gasteiger partial charge in [0.1, 0.15) is 11.7 Å². The van der Waals surface area contributed by atoms with Gasteiger partial charge in [-0.25, -0.2) is 4.98 Å². The van der Waals surface area contributed by atoms with Gasteiger partial charge in [-0.3, -0.25) is 14.4 Å². The van der Waals surface area contributed by atoms with Crippen molar-refractivity contribution in [3.05, 3.63) is 29.0 Å². The van der Waals surface area contributed by atoms with Crippen LogP contribution in [0.15, 0.2) is 18.3 Å². The largest absolute Gasteiger partial charge is 0.480 e. The number of rotatable bonds is 5. The summed E-state index contributed by atoms with van der Waals surface area (Å²) in [5.74, 6) is -2.24. The standard InChI is InChI=1S/C10H10ClN3O4/c11-7-3-6(1-2-12-7)10(18)14-4-8(15)13-5-9(16)17/h1-3H,4-5H2,(H,13,15)(H,14,18)(H,16,17). The molecule has 3 N–H and O–H groups in total. The van der Waals surface area contributed by atoms with Gasteiger partial charge in [-0.05, 0) is 12.1 Å². The van der Waals surface area contributed by atoms with Gasteiger partial charge in [0.15, 0.2) is 0 Å². The lowest BCUT2D eigenvalue weighted by atomic mass is 10.2. The zero-order valence-corrected chi connectivity index (χ0v) is 9.90. The van der Waals surface area contributed by atoms with Crippen LogP contribution in [0.3, 0.4) is 0 Å². The molecule has 0 bridgehead atoms. The highest BCUT2D eigenvalue weighted by atomic mass is 35.5. The first-order valence-electron chi connectivity index (χ1n) is 4.87. The minimum atomic E-state index is -1.16. The van der Waals surface area contributed by atoms with Crippen LogP contribution in [0.5, 0.6) is 0 Å². The highest BCUT2D eigenvalue weighted by Gasteiger charge is 2.09. The molecule has 0 spiro atoms. The summed E-state index contributed by atoms with van der Waals surface area (Å²) in [5, 5.41) is 12.9. The molecule has 18 heavy (non-hydrogen) atoms. The van der Waals surface area contributed by atoms with Crippen molar-refractivity contribution in [2.75, 3.05) is 13.1 Å². The Morgan fingerprint density at radius 3 is 2.61 bits per heavy atom. The van der Waals surface area contributed by atoms with Crippen molar-refractivity contribution in [2.45, 2.75) is 0 Å². The van der Waals surface area contributed by atoms with E-state index >= 15 is 0 Å². The highest BCUT2D eigenvalue weighted by molar-refractivity contribution is 6.29. The summed E-state index contributed by atoms with van der Waals surface area (Å²) in [7, 11) is 0. The molecule has 0 aromatic carbocycles. The molecule has 0 aliphatic rings. The van der Waals surface area contributed by atoms with Crippen molar-refractivity contribution >= 4 is 29.4 Å². The van der Waals surface area contributed by atoms with E-state index in [1.54, 1.807) is 0 Å². The van der Waals surface area contributed by atoms with Crippen molar-refractivity contribution in [3.63, 3.8) is 0 Å². The van der Waals surface area contributed by atoms with E-state index < -0.39 is 24.3 Å². The molecule has 0 saturated heterocycles. The Hall–Kier alpha value is -2.15. The molecule has 1 rings (SSSR count). The maximum Gasteiger partial charge on any atom is 0.322 e. The first-order chi connectivity index (χ1) is 8.49. The van der Waals surface area contributed by atoms with Gasteiger partial charge < -0.3 is 15.7 Å². The molecule has 1 aromatic rings. The first kappa shape index (κ1) is 13.9. The summed E-state index contributed by atoms with van der Waals surface area (Å²) in [4.78, 5) is 36.6. The van der Waals surface area contributed by atoms with Gasteiger partial charge in [-0.1, -0.05) is 11.6 Å². The Bertz CT molecular complexity index is 478. The molecule has 1 aromatic heterocycles. The first-order valence-corrected chi connectivity index (χ1v) is 5.25. The number of carbonyl (C=O) groups is 3. The number of hydrogen-bond donors (Lipinski definition) is 3. The van der Waals surface area contributed by atoms with Crippen molar-refractivity contribution < 1.29 is 19.5 Å². The third-order valence-electron chi connectivity index (χ3n) is 1.84. The van der Waals surface area contributed by atoms with Crippen LogP contribution in [0.1, 0.15) is 10.4 Å². The number of pyridine rings is 1. The zero-order valence-electron chi connectivity index (χ0n) is 9.14. The van der Waals surface area contributed by atoms with E-state index in [0.717, 1.165) is 0 Å². The third-order valence-corrected chi connectivity index (χ3v) is 2.04. The maximum absolute atomic E-state index is 11.5. The molecule has 1 heterocycles. The van der Waals surface area contributed by atoms with Crippen LogP contribution in [0.25, 0.3) is 0 Å². The molecule has 0 fully saturated rings. The Labute approximate surface area is 107 Å². The number of carbonyl (C=O) groups excluding carboxylic acids is 2. The minimum Gasteiger partial charge on any atom is -0.480 e. The molecule has 8 heteroatoms. The monoisotopic (exact) mass is 271 g/mol. The SMILES string of the molecule is O=C(O)CNC(=O)CNC(=O)c1ccnc(Cl)c1. The lowest BCUT2D eigenvalue weighted by Gasteiger charge is -2.05. The van der Waals surface area contributed by atoms with E-state index in [0.29, 0.717) is 0 Å². The Morgan fingerprint density at radius 2 is 2.00 bits per heavy atom. The summed E-state index contributed by atoms with van der Waals surface area (Å²) in [6.45, 7) is -0.804. The molecule has 0 atom stereocenters. The minimum absolute atomic E-state index is 0.165. The summed E-state index contributed by atoms with van der Waals surface area (Å²) < 4.78 is 0. The second-order valence-corrected chi connectivity index (χ2v) is 3.61. The van der Waals surface area contributed by atoms with Crippen molar-refractivity contribution in [3.8, 4) is 0 Å². The number of aliphatic carboxylic acids is 1. The van der Waals surface area contributed by atoms with E-state index in [4.69, 9.17) is 16.7 Å². The average molecular weight is 272 g/mol. The van der Waals surface area contributed by atoms with E-state index in [-0.39, 0.29) is 17.3 Å². The number of nitrogens with one attached hydrogen (secondary N) is 2. The molecule has 7 nitrogen and oxygen atoms in total. The van der Waals surface area contributed by atoms with Gasteiger partial charge >= 0.3 is 5.97 Å². The van der Waals surface area contributed by atoms with Crippen molar-refractivity contribution in [1.82, 2.24) is 15.6 Å². The molecular weight excluding hydrogens is 262 g/mol. The topological polar surface area (TPSA) is 108 Å². The quantitative estimate of drug-likeness (QED) is 0.635. The summed E-state index contributed by atoms with van der Waals surface area (Å²) in [6, 6.07) is 2.79. The van der Waals surface area contributed by atoms with Gasteiger partial charge in [0.05, 0.1) is 6.54 Å². The number of amides is 2. The van der Waals surface area contributed by atoms with Gasteiger partial charge in [0, 0.05) is 11.8 Å². The number of hydrogen-bond acceptors (Lipinski definition) is 4. The molecule has 0 unspecified atom stereocenters. The predicted molar refractivity (Wildman–Crippen MR) is 62.2 cm³/mol. The van der Waals surface area contributed by atoms with Crippen LogP contribution in [0, 0.1) is 0 Å². The van der Waals surface area contributed by atoms with Crippen LogP contribution in [0.2, 0.25) is 5.15 Å². The van der Waals surface area contributed by atoms with Crippen LogP contribution in [-0.4, -0.2) is 41.0 Å². The zero-order chi connectivity index (χ0) is 13.5. The molecule has 0 radical (unpaired) electrons. The second kappa shape index (κ2) is 6.55. The van der Waals surface area contributed by atoms with Gasteiger partial charge in [-0.2, -0.15) is 0 Å². The maximum atomic E-state index is 11.5. The Kier molecular flexibility index (Phi) is 5.06. The lowest BCUT2D eigenvalue weighted by Crippen LogP contribution is -2.39. The van der Waals surface area contributed by atoms with Crippen molar-refractivity contribution in [1.29, 1.82) is 0 Å². The average Bonchev–Trinajstić information content (AvgIpc) is 2.33. The Balaban J connectivity index is 2.42. The number of aromatic nitrogens is 1. The lowest BCUT2D eigenvalue weighted by molar-refractivity contribution is -0.137. The van der Waals surface area contributed by atoms with E-state index in [1.165, 1.54) is 18.3 Å². The number of carboxylic acid groups (broad SMARTS) is 1. The van der Waals surface area contributed by atoms with Gasteiger partial charge in [0.2, 0.25) is 5.91 Å². The summed E-state index contributed by atoms with van der Waals surface area (Å²) in [6.07, 6.45) is 1.36. The van der Waals surface area contributed by atoms with Crippen LogP contribution in [0.4, 0.5) is 0 Å². The fourth-order valence-electron chi connectivity index (χ4n) is 1.04. The molecular formula is C10H10ClN3O4. The summed E-state index contributed by atoms with van der Waals surface area (Å²) in [5.41, 5.74) is 0.265. The molecule has 2 amide bonds. The second-order valence-electron chi connectivity index (χ2n) is 3.22. The highest BCUT2D eigenvalue weighted by Crippen LogP contribution is 2.06. The molecule has 0 saturated carbocycles. The van der Waals surface area contributed by atoms with Crippen LogP contribution >= 0.6 is 11.6 Å². The molecule has 0 aliphatic carbocycles. The van der Waals surface area contributed by atoms with E-state index in [2.05, 4.69) is 15.6 Å². The number of nitrogens with zero attached hydrogens (tertiary/aromatic N) is 1. The van der Waals surface area contributed by atoms with Gasteiger partial charge in [-0.15, -0.1) is 0 Å². The molecule has 0 aliphatic heterocycles. The summed E-state index contributed by atoms with van der Waals surface area (Å²) >= 11 is 5.60. The van der Waals surface area contributed by atoms with Gasteiger partial charge in [0.25, 0.3) is 5.91 Å². The number of halogens is 1. The number of carboxylic acids is 1. The van der Waals surface area contributed by atoms with Crippen molar-refractivity contribution in [2.24, 2.45) is 0 Å². The smallest absolute Gasteiger partial charge is 0.322 e. The fourth-order valence-corrected chi connectivity index (χ4v) is 1.22. The predicted octanol–water partition coefficient (Wildman–Crippen LogP) is -0.334. The fraction of sp³-hybridized carbons (Fsp3) is 0.200. The third kappa shape index (κ3) is 4.79.